The molecule has 1 aliphatic carbocycles. The average Bonchev–Trinajstić information content (AvgIpc) is 2.92. The van der Waals surface area contributed by atoms with Gasteiger partial charge in [-0.2, -0.15) is 0 Å². The molecule has 1 saturated carbocycles. The quantitative estimate of drug-likeness (QED) is 0.819. The van der Waals surface area contributed by atoms with E-state index in [0.29, 0.717) is 17.9 Å². The Kier molecular flexibility index (Phi) is 7.93. The van der Waals surface area contributed by atoms with Crippen LogP contribution in [0.3, 0.4) is 0 Å². The molecule has 22 heavy (non-hydrogen) atoms. The number of hydrogen-bond acceptors (Lipinski definition) is 3. The van der Waals surface area contributed by atoms with Gasteiger partial charge >= 0.3 is 0 Å². The fraction of sp³-hybridized carbons (Fsp3) is 0.938. The average molecular weight is 352 g/mol. The maximum Gasteiger partial charge on any atom is 0.228 e. The highest BCUT2D eigenvalue weighted by molar-refractivity contribution is 5.85. The summed E-state index contributed by atoms with van der Waals surface area (Å²) >= 11 is 0. The molecule has 4 nitrogen and oxygen atoms in total. The maximum atomic E-state index is 12.9. The van der Waals surface area contributed by atoms with E-state index in [0.717, 1.165) is 39.0 Å². The van der Waals surface area contributed by atoms with Gasteiger partial charge in [0.1, 0.15) is 0 Å². The summed E-state index contributed by atoms with van der Waals surface area (Å²) in [6, 6.07) is 0.369. The summed E-state index contributed by atoms with van der Waals surface area (Å²) in [7, 11) is 0. The third kappa shape index (κ3) is 3.89. The minimum absolute atomic E-state index is 0. The summed E-state index contributed by atoms with van der Waals surface area (Å²) in [5, 5.41) is 6.87. The smallest absolute Gasteiger partial charge is 0.228 e. The Morgan fingerprint density at radius 2 is 2.09 bits per heavy atom. The second-order valence-electron chi connectivity index (χ2n) is 6.94. The number of rotatable bonds is 3. The number of hydrogen-bond donors (Lipinski definition) is 2. The van der Waals surface area contributed by atoms with Gasteiger partial charge in [-0.05, 0) is 51.2 Å². The molecule has 130 valence electrons. The molecule has 2 aliphatic heterocycles. The van der Waals surface area contributed by atoms with E-state index >= 15 is 0 Å². The van der Waals surface area contributed by atoms with Crippen LogP contribution in [0.1, 0.15) is 45.4 Å². The fourth-order valence-corrected chi connectivity index (χ4v) is 4.48. The van der Waals surface area contributed by atoms with E-state index in [-0.39, 0.29) is 30.2 Å². The minimum atomic E-state index is -0.0905. The third-order valence-electron chi connectivity index (χ3n) is 5.78. The van der Waals surface area contributed by atoms with Crippen molar-refractivity contribution in [2.24, 2.45) is 11.3 Å². The van der Waals surface area contributed by atoms with E-state index in [1.807, 2.05) is 0 Å². The number of likely N-dealkylation sites (N-methyl/N-ethyl adjacent to an activating group) is 1. The predicted octanol–water partition coefficient (Wildman–Crippen LogP) is 2.21. The largest absolute Gasteiger partial charge is 0.352 e. The van der Waals surface area contributed by atoms with Crippen molar-refractivity contribution < 1.29 is 4.79 Å². The van der Waals surface area contributed by atoms with Crippen LogP contribution in [0.15, 0.2) is 0 Å². The topological polar surface area (TPSA) is 44.4 Å². The number of carbonyl (C=O) groups excluding carboxylic acids is 1. The molecule has 0 aromatic rings. The lowest BCUT2D eigenvalue weighted by molar-refractivity contribution is -0.135. The molecule has 0 aromatic carbocycles. The Balaban J connectivity index is 0.00000121. The standard InChI is InChI=1S/C16H29N3O.2ClH/c1-2-19-9-5-7-14(11-19)18-15(20)16-8-4-3-6-13(16)10-17-12-16;;/h13-14,17H,2-12H2,1H3,(H,18,20);2*1H/t13-,14?,16+;;/m0../s1. The first kappa shape index (κ1) is 20.0. The first-order valence-corrected chi connectivity index (χ1v) is 8.48. The van der Waals surface area contributed by atoms with E-state index < -0.39 is 0 Å². The van der Waals surface area contributed by atoms with Crippen LogP contribution < -0.4 is 10.6 Å². The molecule has 3 aliphatic rings. The monoisotopic (exact) mass is 351 g/mol. The third-order valence-corrected chi connectivity index (χ3v) is 5.78. The number of fused-ring (bicyclic) bond motifs is 1. The van der Waals surface area contributed by atoms with E-state index in [1.165, 1.54) is 32.2 Å². The maximum absolute atomic E-state index is 12.9. The van der Waals surface area contributed by atoms with E-state index in [1.54, 1.807) is 0 Å². The molecule has 0 aromatic heterocycles. The van der Waals surface area contributed by atoms with Crippen molar-refractivity contribution in [3.8, 4) is 0 Å². The number of likely N-dealkylation sites (tertiary alicyclic amines) is 1. The van der Waals surface area contributed by atoms with E-state index in [9.17, 15) is 4.79 Å². The molecule has 2 heterocycles. The van der Waals surface area contributed by atoms with Gasteiger partial charge in [-0.25, -0.2) is 0 Å². The number of piperidine rings is 1. The highest BCUT2D eigenvalue weighted by Gasteiger charge is 2.50. The molecular formula is C16H31Cl2N3O. The van der Waals surface area contributed by atoms with Gasteiger partial charge < -0.3 is 15.5 Å². The summed E-state index contributed by atoms with van der Waals surface area (Å²) < 4.78 is 0. The van der Waals surface area contributed by atoms with Crippen LogP contribution in [-0.4, -0.2) is 49.6 Å². The zero-order valence-electron chi connectivity index (χ0n) is 13.6. The predicted molar refractivity (Wildman–Crippen MR) is 95.0 cm³/mol. The molecule has 0 bridgehead atoms. The summed E-state index contributed by atoms with van der Waals surface area (Å²) in [5.41, 5.74) is -0.0905. The summed E-state index contributed by atoms with van der Waals surface area (Å²) in [6.07, 6.45) is 7.20. The Morgan fingerprint density at radius 3 is 2.86 bits per heavy atom. The SMILES string of the molecule is CCN1CCCC(NC(=O)[C@@]23CCCC[C@H]2CNC3)C1.Cl.Cl. The minimum Gasteiger partial charge on any atom is -0.352 e. The van der Waals surface area contributed by atoms with Crippen LogP contribution in [0.2, 0.25) is 0 Å². The molecule has 3 rings (SSSR count). The summed E-state index contributed by atoms with van der Waals surface area (Å²) in [4.78, 5) is 15.4. The molecular weight excluding hydrogens is 321 g/mol. The molecule has 3 fully saturated rings. The Bertz CT molecular complexity index is 369. The molecule has 0 radical (unpaired) electrons. The molecule has 2 saturated heterocycles. The first-order chi connectivity index (χ1) is 9.74. The zero-order chi connectivity index (χ0) is 14.0. The van der Waals surface area contributed by atoms with Crippen molar-refractivity contribution >= 4 is 30.7 Å². The molecule has 1 amide bonds. The Morgan fingerprint density at radius 1 is 1.27 bits per heavy atom. The van der Waals surface area contributed by atoms with Crippen molar-refractivity contribution in [2.75, 3.05) is 32.7 Å². The van der Waals surface area contributed by atoms with Gasteiger partial charge in [-0.3, -0.25) is 4.79 Å². The van der Waals surface area contributed by atoms with Gasteiger partial charge in [0.05, 0.1) is 5.41 Å². The fourth-order valence-electron chi connectivity index (χ4n) is 4.48. The van der Waals surface area contributed by atoms with Gasteiger partial charge in [0.25, 0.3) is 0 Å². The van der Waals surface area contributed by atoms with Gasteiger partial charge in [0.15, 0.2) is 0 Å². The van der Waals surface area contributed by atoms with Crippen LogP contribution in [0.4, 0.5) is 0 Å². The summed E-state index contributed by atoms with van der Waals surface area (Å²) in [6.45, 7) is 7.48. The van der Waals surface area contributed by atoms with Crippen LogP contribution >= 0.6 is 24.8 Å². The second-order valence-corrected chi connectivity index (χ2v) is 6.94. The molecule has 2 N–H and O–H groups in total. The van der Waals surface area contributed by atoms with Crippen LogP contribution in [0.25, 0.3) is 0 Å². The lowest BCUT2D eigenvalue weighted by atomic mass is 9.67. The molecule has 1 unspecified atom stereocenters. The van der Waals surface area contributed by atoms with Crippen molar-refractivity contribution in [1.29, 1.82) is 0 Å². The molecule has 6 heteroatoms. The number of carbonyl (C=O) groups is 1. The number of halogens is 2. The van der Waals surface area contributed by atoms with Crippen LogP contribution in [0, 0.1) is 11.3 Å². The lowest BCUT2D eigenvalue weighted by Gasteiger charge is -2.40. The van der Waals surface area contributed by atoms with Crippen molar-refractivity contribution in [3.05, 3.63) is 0 Å². The number of nitrogens with zero attached hydrogens (tertiary/aromatic N) is 1. The summed E-state index contributed by atoms with van der Waals surface area (Å²) in [5.74, 6) is 0.914. The lowest BCUT2D eigenvalue weighted by Crippen LogP contribution is -2.54. The van der Waals surface area contributed by atoms with Gasteiger partial charge in [0, 0.05) is 19.1 Å². The Labute approximate surface area is 147 Å². The highest BCUT2D eigenvalue weighted by atomic mass is 35.5. The van der Waals surface area contributed by atoms with Crippen LogP contribution in [-0.2, 0) is 4.79 Å². The number of amides is 1. The molecule has 0 spiro atoms. The van der Waals surface area contributed by atoms with Crippen molar-refractivity contribution in [2.45, 2.75) is 51.5 Å². The van der Waals surface area contributed by atoms with Gasteiger partial charge in [-0.1, -0.05) is 19.8 Å². The molecule has 3 atom stereocenters. The van der Waals surface area contributed by atoms with E-state index in [4.69, 9.17) is 0 Å². The second kappa shape index (κ2) is 8.72. The first-order valence-electron chi connectivity index (χ1n) is 8.48. The van der Waals surface area contributed by atoms with E-state index in [2.05, 4.69) is 22.5 Å². The Hall–Kier alpha value is -0.0300. The number of nitrogens with one attached hydrogen (secondary N) is 2. The van der Waals surface area contributed by atoms with Gasteiger partial charge in [-0.15, -0.1) is 24.8 Å². The van der Waals surface area contributed by atoms with Crippen molar-refractivity contribution in [3.63, 3.8) is 0 Å². The van der Waals surface area contributed by atoms with Crippen molar-refractivity contribution in [1.82, 2.24) is 15.5 Å². The van der Waals surface area contributed by atoms with Gasteiger partial charge in [0.2, 0.25) is 5.91 Å². The zero-order valence-corrected chi connectivity index (χ0v) is 15.2. The normalized spacial score (nSPS) is 35.0. The van der Waals surface area contributed by atoms with Crippen LogP contribution in [0.5, 0.6) is 0 Å². The highest BCUT2D eigenvalue weighted by Crippen LogP contribution is 2.44.